The average molecular weight is 574 g/mol. The minimum absolute atomic E-state index is 0.162. The molecule has 8 nitrogen and oxygen atoms in total. The van der Waals surface area contributed by atoms with Crippen molar-refractivity contribution in [3.05, 3.63) is 64.2 Å². The van der Waals surface area contributed by atoms with Gasteiger partial charge in [-0.05, 0) is 45.2 Å². The van der Waals surface area contributed by atoms with Gasteiger partial charge in [-0.1, -0.05) is 29.3 Å². The number of hydrogen-bond donors (Lipinski definition) is 1. The molecule has 1 amide bonds. The number of aromatic nitrogens is 2. The number of likely N-dealkylation sites (N-methyl/N-ethyl adjacent to an activating group) is 1. The van der Waals surface area contributed by atoms with Gasteiger partial charge in [-0.15, -0.1) is 0 Å². The number of piperazine rings is 1. The van der Waals surface area contributed by atoms with Crippen LogP contribution < -0.4 is 15.1 Å². The summed E-state index contributed by atoms with van der Waals surface area (Å²) in [6.45, 7) is 8.25. The maximum Gasteiger partial charge on any atom is 0.257 e. The van der Waals surface area contributed by atoms with Crippen LogP contribution in [-0.4, -0.2) is 79.3 Å². The molecule has 0 unspecified atom stereocenters. The molecule has 2 aromatic carbocycles. The lowest BCUT2D eigenvalue weighted by molar-refractivity contribution is 0.102. The highest BCUT2D eigenvalue weighted by atomic mass is 35.5. The van der Waals surface area contributed by atoms with E-state index < -0.39 is 11.7 Å². The molecule has 0 spiro atoms. The highest BCUT2D eigenvalue weighted by molar-refractivity contribution is 6.44. The van der Waals surface area contributed by atoms with Crippen LogP contribution in [0.4, 0.5) is 21.7 Å². The minimum Gasteiger partial charge on any atom is -0.378 e. The number of carbonyl (C=O) groups excluding carboxylic acids is 1. The number of nitrogens with zero attached hydrogens (tertiary/aromatic N) is 5. The van der Waals surface area contributed by atoms with Gasteiger partial charge in [0.2, 0.25) is 5.95 Å². The number of halogens is 3. The third kappa shape index (κ3) is 5.82. The summed E-state index contributed by atoms with van der Waals surface area (Å²) in [6.07, 6.45) is 3.21. The van der Waals surface area contributed by atoms with Crippen molar-refractivity contribution in [1.82, 2.24) is 14.9 Å². The summed E-state index contributed by atoms with van der Waals surface area (Å²) in [7, 11) is 2.08. The molecule has 3 heterocycles. The highest BCUT2D eigenvalue weighted by Gasteiger charge is 2.29. The Morgan fingerprint density at radius 3 is 2.38 bits per heavy atom. The number of benzene rings is 2. The molecule has 39 heavy (non-hydrogen) atoms. The van der Waals surface area contributed by atoms with Crippen molar-refractivity contribution in [2.24, 2.45) is 0 Å². The van der Waals surface area contributed by atoms with Gasteiger partial charge in [0.05, 0.1) is 40.2 Å². The molecule has 0 bridgehead atoms. The summed E-state index contributed by atoms with van der Waals surface area (Å²) in [6, 6.07) is 8.48. The lowest BCUT2D eigenvalue weighted by Gasteiger charge is -2.44. The van der Waals surface area contributed by atoms with Gasteiger partial charge in [0, 0.05) is 61.8 Å². The lowest BCUT2D eigenvalue weighted by atomic mass is 10.0. The second-order valence-corrected chi connectivity index (χ2v) is 10.8. The summed E-state index contributed by atoms with van der Waals surface area (Å²) >= 11 is 12.5. The van der Waals surface area contributed by atoms with E-state index in [-0.39, 0.29) is 33.3 Å². The monoisotopic (exact) mass is 572 g/mol. The van der Waals surface area contributed by atoms with Crippen molar-refractivity contribution < 1.29 is 13.9 Å². The third-order valence-corrected chi connectivity index (χ3v) is 8.29. The van der Waals surface area contributed by atoms with Crippen molar-refractivity contribution in [1.29, 1.82) is 0 Å². The van der Waals surface area contributed by atoms with E-state index in [2.05, 4.69) is 46.0 Å². The first-order chi connectivity index (χ1) is 18.7. The molecule has 2 atom stereocenters. The molecule has 0 aliphatic carbocycles. The number of hydrogen-bond acceptors (Lipinski definition) is 7. The SMILES string of the molecule is C[C@@H]1CN(c2cc(F)c(-c3cnc(N4CCOCC4)nc3)cc2NC(=O)c2cccc(Cl)c2Cl)C[C@H](C)N1C. The third-order valence-electron chi connectivity index (χ3n) is 7.47. The van der Waals surface area contributed by atoms with Crippen LogP contribution in [0.5, 0.6) is 0 Å². The summed E-state index contributed by atoms with van der Waals surface area (Å²) in [5.74, 6) is -0.287. The van der Waals surface area contributed by atoms with Gasteiger partial charge in [0.15, 0.2) is 0 Å². The molecule has 3 aromatic rings. The molecule has 2 fully saturated rings. The fourth-order valence-electron chi connectivity index (χ4n) is 5.00. The summed E-state index contributed by atoms with van der Waals surface area (Å²) in [5, 5.41) is 3.41. The van der Waals surface area contributed by atoms with Crippen LogP contribution in [-0.2, 0) is 4.74 Å². The maximum atomic E-state index is 15.7. The Labute approximate surface area is 237 Å². The predicted octanol–water partition coefficient (Wildman–Crippen LogP) is 5.21. The Morgan fingerprint density at radius 2 is 1.72 bits per heavy atom. The molecule has 11 heteroatoms. The Balaban J connectivity index is 1.52. The number of morpholine rings is 1. The largest absolute Gasteiger partial charge is 0.378 e. The van der Waals surface area contributed by atoms with E-state index in [1.54, 1.807) is 36.7 Å². The summed E-state index contributed by atoms with van der Waals surface area (Å²) < 4.78 is 21.1. The topological polar surface area (TPSA) is 73.8 Å². The van der Waals surface area contributed by atoms with Crippen LogP contribution in [0.25, 0.3) is 11.1 Å². The van der Waals surface area contributed by atoms with Crippen molar-refractivity contribution >= 4 is 46.4 Å². The smallest absolute Gasteiger partial charge is 0.257 e. The zero-order chi connectivity index (χ0) is 27.7. The van der Waals surface area contributed by atoms with Gasteiger partial charge >= 0.3 is 0 Å². The molecule has 1 aromatic heterocycles. The maximum absolute atomic E-state index is 15.7. The number of rotatable bonds is 5. The van der Waals surface area contributed by atoms with Gasteiger partial charge in [0.1, 0.15) is 5.82 Å². The molecule has 2 saturated heterocycles. The van der Waals surface area contributed by atoms with Crippen LogP contribution in [0.3, 0.4) is 0 Å². The molecule has 0 saturated carbocycles. The van der Waals surface area contributed by atoms with Gasteiger partial charge in [-0.2, -0.15) is 0 Å². The van der Waals surface area contributed by atoms with E-state index in [0.29, 0.717) is 62.3 Å². The minimum atomic E-state index is -0.435. The van der Waals surface area contributed by atoms with Crippen molar-refractivity contribution in [3.8, 4) is 11.1 Å². The van der Waals surface area contributed by atoms with Crippen molar-refractivity contribution in [2.75, 3.05) is 61.6 Å². The molecule has 206 valence electrons. The first kappa shape index (κ1) is 27.6. The number of carbonyl (C=O) groups is 1. The Morgan fingerprint density at radius 1 is 1.05 bits per heavy atom. The number of ether oxygens (including phenoxy) is 1. The predicted molar refractivity (Wildman–Crippen MR) is 154 cm³/mol. The lowest BCUT2D eigenvalue weighted by Crippen LogP contribution is -2.55. The molecule has 2 aliphatic rings. The Kier molecular flexibility index (Phi) is 8.23. The van der Waals surface area contributed by atoms with E-state index in [4.69, 9.17) is 27.9 Å². The first-order valence-corrected chi connectivity index (χ1v) is 13.7. The van der Waals surface area contributed by atoms with Gasteiger partial charge in [0.25, 0.3) is 5.91 Å². The van der Waals surface area contributed by atoms with Crippen LogP contribution in [0.1, 0.15) is 24.2 Å². The quantitative estimate of drug-likeness (QED) is 0.450. The normalized spacial score (nSPS) is 20.3. The van der Waals surface area contributed by atoms with Crippen LogP contribution in [0.15, 0.2) is 42.7 Å². The van der Waals surface area contributed by atoms with Gasteiger partial charge < -0.3 is 19.9 Å². The fraction of sp³-hybridized carbons (Fsp3) is 0.393. The van der Waals surface area contributed by atoms with Crippen LogP contribution in [0.2, 0.25) is 10.0 Å². The van der Waals surface area contributed by atoms with Gasteiger partial charge in [-0.3, -0.25) is 9.69 Å². The van der Waals surface area contributed by atoms with E-state index in [9.17, 15) is 4.79 Å². The number of nitrogens with one attached hydrogen (secondary N) is 1. The molecule has 2 aliphatic heterocycles. The number of amides is 1. The fourth-order valence-corrected chi connectivity index (χ4v) is 5.39. The van der Waals surface area contributed by atoms with Crippen LogP contribution in [0, 0.1) is 5.82 Å². The van der Waals surface area contributed by atoms with E-state index in [1.165, 1.54) is 6.07 Å². The molecule has 0 radical (unpaired) electrons. The van der Waals surface area contributed by atoms with Crippen molar-refractivity contribution in [3.63, 3.8) is 0 Å². The van der Waals surface area contributed by atoms with E-state index in [1.807, 2.05) is 4.90 Å². The Bertz CT molecular complexity index is 1340. The highest BCUT2D eigenvalue weighted by Crippen LogP contribution is 2.37. The van der Waals surface area contributed by atoms with Crippen LogP contribution >= 0.6 is 23.2 Å². The zero-order valence-corrected chi connectivity index (χ0v) is 23.6. The Hall–Kier alpha value is -2.98. The summed E-state index contributed by atoms with van der Waals surface area (Å²) in [5.41, 5.74) is 2.09. The molecular weight excluding hydrogens is 542 g/mol. The molecule has 1 N–H and O–H groups in total. The van der Waals surface area contributed by atoms with E-state index in [0.717, 1.165) is 0 Å². The number of anilines is 3. The average Bonchev–Trinajstić information content (AvgIpc) is 2.94. The molecular formula is C28H31Cl2FN6O2. The van der Waals surface area contributed by atoms with Crippen molar-refractivity contribution in [2.45, 2.75) is 25.9 Å². The second-order valence-electron chi connectivity index (χ2n) is 10.0. The first-order valence-electron chi connectivity index (χ1n) is 12.9. The van der Waals surface area contributed by atoms with Gasteiger partial charge in [-0.25, -0.2) is 14.4 Å². The van der Waals surface area contributed by atoms with E-state index >= 15 is 4.39 Å². The standard InChI is InChI=1S/C28H31Cl2FN6O2/c1-17-15-37(16-18(2)35(17)3)25-12-23(31)21(19-13-32-28(33-14-19)36-7-9-39-10-8-36)11-24(25)34-27(38)20-5-4-6-22(29)26(20)30/h4-6,11-14,17-18H,7-10,15-16H2,1-3H3,(H,34,38)/t17-,18+. The zero-order valence-electron chi connectivity index (χ0n) is 22.1. The summed E-state index contributed by atoms with van der Waals surface area (Å²) in [4.78, 5) is 28.7. The molecule has 5 rings (SSSR count). The second kappa shape index (κ2) is 11.6.